The number of hydrogen-bond acceptors (Lipinski definition) is 6. The molecule has 2 aliphatic rings. The third kappa shape index (κ3) is 5.22. The van der Waals surface area contributed by atoms with E-state index in [9.17, 15) is 9.59 Å². The molecule has 2 aliphatic carbocycles. The maximum atomic E-state index is 12.5. The molecule has 3 N–H and O–H groups in total. The normalized spacial score (nSPS) is 15.9. The largest absolute Gasteiger partial charge is 0.340 e. The minimum atomic E-state index is 0.0820. The monoisotopic (exact) mass is 461 g/mol. The van der Waals surface area contributed by atoms with Gasteiger partial charge in [0.2, 0.25) is 11.8 Å². The Kier molecular flexibility index (Phi) is 6.09. The first-order valence-corrected chi connectivity index (χ1v) is 12.3. The maximum Gasteiger partial charge on any atom is 0.229 e. The number of rotatable bonds is 7. The molecule has 33 heavy (non-hydrogen) atoms. The molecule has 2 saturated carbocycles. The first-order chi connectivity index (χ1) is 16.0. The topological polar surface area (TPSA) is 96.0 Å². The maximum absolute atomic E-state index is 12.5. The molecule has 5 rings (SSSR count). The SMILES string of the molecule is Cc1nc(NC(=O)C2CCCC2)sc1-c1ccnc(Nc2cccc(NC(=O)C3CC3)c2)c1. The molecule has 2 aromatic heterocycles. The van der Waals surface area contributed by atoms with Crippen molar-refractivity contribution in [3.8, 4) is 10.4 Å². The highest BCUT2D eigenvalue weighted by Crippen LogP contribution is 2.35. The molecule has 0 saturated heterocycles. The van der Waals surface area contributed by atoms with Crippen LogP contribution in [0.5, 0.6) is 0 Å². The Balaban J connectivity index is 1.29. The summed E-state index contributed by atoms with van der Waals surface area (Å²) in [5.74, 6) is 1.14. The van der Waals surface area contributed by atoms with Crippen LogP contribution in [-0.4, -0.2) is 21.8 Å². The first kappa shape index (κ1) is 21.6. The number of amides is 2. The number of aromatic nitrogens is 2. The average molecular weight is 462 g/mol. The predicted octanol–water partition coefficient (Wildman–Crippen LogP) is 5.73. The van der Waals surface area contributed by atoms with Gasteiger partial charge in [-0.1, -0.05) is 30.2 Å². The molecule has 2 amide bonds. The number of pyridine rings is 1. The third-order valence-corrected chi connectivity index (χ3v) is 7.25. The lowest BCUT2D eigenvalue weighted by molar-refractivity contribution is -0.119. The summed E-state index contributed by atoms with van der Waals surface area (Å²) in [7, 11) is 0. The summed E-state index contributed by atoms with van der Waals surface area (Å²) in [5.41, 5.74) is 3.48. The molecule has 7 nitrogen and oxygen atoms in total. The molecule has 0 unspecified atom stereocenters. The van der Waals surface area contributed by atoms with Crippen LogP contribution in [0.1, 0.15) is 44.2 Å². The van der Waals surface area contributed by atoms with Crippen LogP contribution in [0.2, 0.25) is 0 Å². The summed E-state index contributed by atoms with van der Waals surface area (Å²) in [6.07, 6.45) is 7.90. The van der Waals surface area contributed by atoms with Gasteiger partial charge in [0.05, 0.1) is 10.6 Å². The van der Waals surface area contributed by atoms with Gasteiger partial charge >= 0.3 is 0 Å². The Bertz CT molecular complexity index is 1180. The van der Waals surface area contributed by atoms with Gasteiger partial charge in [-0.3, -0.25) is 9.59 Å². The molecule has 0 radical (unpaired) electrons. The quantitative estimate of drug-likeness (QED) is 0.417. The molecule has 8 heteroatoms. The lowest BCUT2D eigenvalue weighted by Crippen LogP contribution is -2.20. The van der Waals surface area contributed by atoms with Crippen LogP contribution in [0, 0.1) is 18.8 Å². The average Bonchev–Trinajstić information content (AvgIpc) is 3.38. The zero-order chi connectivity index (χ0) is 22.8. The van der Waals surface area contributed by atoms with Gasteiger partial charge in [0.15, 0.2) is 5.13 Å². The van der Waals surface area contributed by atoms with Gasteiger partial charge in [0, 0.05) is 29.4 Å². The molecular formula is C25H27N5O2S. The Morgan fingerprint density at radius 3 is 2.45 bits per heavy atom. The van der Waals surface area contributed by atoms with E-state index in [1.165, 1.54) is 11.3 Å². The smallest absolute Gasteiger partial charge is 0.229 e. The Labute approximate surface area is 197 Å². The number of nitrogens with one attached hydrogen (secondary N) is 3. The molecule has 1 aromatic carbocycles. The number of aryl methyl sites for hydroxylation is 1. The fourth-order valence-electron chi connectivity index (χ4n) is 4.17. The highest BCUT2D eigenvalue weighted by atomic mass is 32.1. The van der Waals surface area contributed by atoms with Gasteiger partial charge in [-0.15, -0.1) is 0 Å². The fraction of sp³-hybridized carbons (Fsp3) is 0.360. The molecular weight excluding hydrogens is 434 g/mol. The third-order valence-electron chi connectivity index (χ3n) is 6.13. The van der Waals surface area contributed by atoms with Crippen molar-refractivity contribution in [1.29, 1.82) is 0 Å². The number of carbonyl (C=O) groups excluding carboxylic acids is 2. The molecule has 0 atom stereocenters. The fourth-order valence-corrected chi connectivity index (χ4v) is 5.13. The van der Waals surface area contributed by atoms with Crippen molar-refractivity contribution < 1.29 is 9.59 Å². The number of thiazole rings is 1. The van der Waals surface area contributed by atoms with Crippen LogP contribution in [0.25, 0.3) is 10.4 Å². The van der Waals surface area contributed by atoms with E-state index in [2.05, 4.69) is 25.9 Å². The van der Waals surface area contributed by atoms with Crippen LogP contribution < -0.4 is 16.0 Å². The molecule has 170 valence electrons. The zero-order valence-electron chi connectivity index (χ0n) is 18.6. The first-order valence-electron chi connectivity index (χ1n) is 11.5. The van der Waals surface area contributed by atoms with Crippen LogP contribution in [0.15, 0.2) is 42.6 Å². The van der Waals surface area contributed by atoms with Gasteiger partial charge in [0.1, 0.15) is 5.82 Å². The summed E-state index contributed by atoms with van der Waals surface area (Å²) in [6.45, 7) is 1.95. The summed E-state index contributed by atoms with van der Waals surface area (Å²) in [6, 6.07) is 11.6. The van der Waals surface area contributed by atoms with Crippen LogP contribution in [0.3, 0.4) is 0 Å². The molecule has 2 fully saturated rings. The number of nitrogens with zero attached hydrogens (tertiary/aromatic N) is 2. The Morgan fingerprint density at radius 2 is 1.67 bits per heavy atom. The van der Waals surface area contributed by atoms with Crippen molar-refractivity contribution in [2.75, 3.05) is 16.0 Å². The Hall–Kier alpha value is -3.26. The summed E-state index contributed by atoms with van der Waals surface area (Å²) in [4.78, 5) is 34.5. The van der Waals surface area contributed by atoms with Gasteiger partial charge in [-0.25, -0.2) is 9.97 Å². The van der Waals surface area contributed by atoms with E-state index >= 15 is 0 Å². The minimum Gasteiger partial charge on any atom is -0.340 e. The van der Waals surface area contributed by atoms with Crippen molar-refractivity contribution >= 4 is 45.5 Å². The summed E-state index contributed by atoms with van der Waals surface area (Å²) >= 11 is 1.49. The van der Waals surface area contributed by atoms with E-state index in [0.29, 0.717) is 10.9 Å². The molecule has 3 aromatic rings. The lowest BCUT2D eigenvalue weighted by atomic mass is 10.1. The van der Waals surface area contributed by atoms with E-state index in [-0.39, 0.29) is 23.7 Å². The van der Waals surface area contributed by atoms with Crippen LogP contribution in [0.4, 0.5) is 22.3 Å². The van der Waals surface area contributed by atoms with Crippen LogP contribution >= 0.6 is 11.3 Å². The van der Waals surface area contributed by atoms with Crippen molar-refractivity contribution in [1.82, 2.24) is 9.97 Å². The summed E-state index contributed by atoms with van der Waals surface area (Å²) in [5, 5.41) is 9.94. The predicted molar refractivity (Wildman–Crippen MR) is 132 cm³/mol. The second kappa shape index (κ2) is 9.31. The van der Waals surface area contributed by atoms with Gasteiger partial charge in [0.25, 0.3) is 0 Å². The molecule has 0 aliphatic heterocycles. The van der Waals surface area contributed by atoms with E-state index in [1.54, 1.807) is 6.20 Å². The van der Waals surface area contributed by atoms with Crippen molar-refractivity contribution in [3.63, 3.8) is 0 Å². The Morgan fingerprint density at radius 1 is 0.939 bits per heavy atom. The zero-order valence-corrected chi connectivity index (χ0v) is 19.4. The number of benzene rings is 1. The minimum absolute atomic E-state index is 0.0820. The van der Waals surface area contributed by atoms with Gasteiger partial charge < -0.3 is 16.0 Å². The summed E-state index contributed by atoms with van der Waals surface area (Å²) < 4.78 is 0. The number of anilines is 4. The highest BCUT2D eigenvalue weighted by molar-refractivity contribution is 7.19. The van der Waals surface area contributed by atoms with Crippen molar-refractivity contribution in [2.45, 2.75) is 45.4 Å². The molecule has 0 spiro atoms. The van der Waals surface area contributed by atoms with Gasteiger partial charge in [-0.05, 0) is 68.5 Å². The second-order valence-electron chi connectivity index (χ2n) is 8.80. The van der Waals surface area contributed by atoms with Crippen molar-refractivity contribution in [2.24, 2.45) is 11.8 Å². The van der Waals surface area contributed by atoms with E-state index in [4.69, 9.17) is 0 Å². The molecule has 0 bridgehead atoms. The van der Waals surface area contributed by atoms with E-state index < -0.39 is 0 Å². The lowest BCUT2D eigenvalue weighted by Gasteiger charge is -2.10. The number of carbonyl (C=O) groups is 2. The molecule has 2 heterocycles. The standard InChI is InChI=1S/C25H27N5O2S/c1-15-22(33-25(27-15)30-24(32)16-5-2-3-6-16)18-11-12-26-21(13-18)28-19-7-4-8-20(14-19)29-23(31)17-9-10-17/h4,7-8,11-14,16-17H,2-3,5-6,9-10H2,1H3,(H,26,28)(H,29,31)(H,27,30,32). The highest BCUT2D eigenvalue weighted by Gasteiger charge is 2.29. The second-order valence-corrected chi connectivity index (χ2v) is 9.80. The number of hydrogen-bond donors (Lipinski definition) is 3. The van der Waals surface area contributed by atoms with E-state index in [1.807, 2.05) is 43.3 Å². The van der Waals surface area contributed by atoms with Crippen LogP contribution in [-0.2, 0) is 9.59 Å². The van der Waals surface area contributed by atoms with Gasteiger partial charge in [-0.2, -0.15) is 0 Å². The van der Waals surface area contributed by atoms with E-state index in [0.717, 1.165) is 66.0 Å². The van der Waals surface area contributed by atoms with Crippen molar-refractivity contribution in [3.05, 3.63) is 48.3 Å².